The van der Waals surface area contributed by atoms with Gasteiger partial charge in [0.25, 0.3) is 0 Å². The Morgan fingerprint density at radius 1 is 1.33 bits per heavy atom. The first-order valence-electron chi connectivity index (χ1n) is 6.96. The number of hydrogen-bond acceptors (Lipinski definition) is 5. The maximum absolute atomic E-state index is 11.7. The second kappa shape index (κ2) is 5.47. The maximum Gasteiger partial charge on any atom is 0.236 e. The first-order valence-corrected chi connectivity index (χ1v) is 6.96. The minimum atomic E-state index is -0.355. The van der Waals surface area contributed by atoms with Crippen LogP contribution in [-0.4, -0.2) is 25.9 Å². The number of nitrogens with zero attached hydrogens (tertiary/aromatic N) is 3. The summed E-state index contributed by atoms with van der Waals surface area (Å²) in [6.07, 6.45) is 0.910. The number of carbonyl (C=O) groups is 1. The highest BCUT2D eigenvalue weighted by Gasteiger charge is 2.20. The van der Waals surface area contributed by atoms with Gasteiger partial charge in [0.05, 0.1) is 23.4 Å². The molecule has 21 heavy (non-hydrogen) atoms. The monoisotopic (exact) mass is 284 g/mol. The zero-order chi connectivity index (χ0) is 14.8. The van der Waals surface area contributed by atoms with Gasteiger partial charge in [0.15, 0.2) is 5.82 Å². The van der Waals surface area contributed by atoms with Gasteiger partial charge in [0, 0.05) is 6.42 Å². The fourth-order valence-corrected chi connectivity index (χ4v) is 2.20. The van der Waals surface area contributed by atoms with Gasteiger partial charge in [-0.1, -0.05) is 24.2 Å². The number of ketones is 1. The van der Waals surface area contributed by atoms with Gasteiger partial charge in [-0.25, -0.2) is 4.98 Å². The van der Waals surface area contributed by atoms with Gasteiger partial charge >= 0.3 is 0 Å². The van der Waals surface area contributed by atoms with E-state index in [4.69, 9.17) is 4.52 Å². The van der Waals surface area contributed by atoms with Crippen molar-refractivity contribution < 1.29 is 9.32 Å². The van der Waals surface area contributed by atoms with E-state index in [9.17, 15) is 4.79 Å². The third-order valence-electron chi connectivity index (χ3n) is 3.45. The van der Waals surface area contributed by atoms with E-state index in [0.717, 1.165) is 16.9 Å². The molecule has 1 N–H and O–H groups in total. The van der Waals surface area contributed by atoms with E-state index in [2.05, 4.69) is 20.1 Å². The van der Waals surface area contributed by atoms with E-state index < -0.39 is 0 Å². The standard InChI is InChI=1S/C15H16N4O2/c1-3-12(20)9(2)15-18-14(19-21-15)8-13-16-10-6-4-5-7-11(10)17-13/h4-7,9H,3,8H2,1-2H3,(H,16,17). The van der Waals surface area contributed by atoms with E-state index in [1.807, 2.05) is 31.2 Å². The lowest BCUT2D eigenvalue weighted by atomic mass is 10.1. The van der Waals surface area contributed by atoms with Crippen LogP contribution >= 0.6 is 0 Å². The normalized spacial score (nSPS) is 12.7. The van der Waals surface area contributed by atoms with Gasteiger partial charge < -0.3 is 9.51 Å². The smallest absolute Gasteiger partial charge is 0.236 e. The van der Waals surface area contributed by atoms with Crippen molar-refractivity contribution in [1.82, 2.24) is 20.1 Å². The number of rotatable bonds is 5. The van der Waals surface area contributed by atoms with Crippen molar-refractivity contribution in [3.05, 3.63) is 41.8 Å². The average molecular weight is 284 g/mol. The predicted octanol–water partition coefficient (Wildman–Crippen LogP) is 2.62. The van der Waals surface area contributed by atoms with Gasteiger partial charge in [-0.2, -0.15) is 4.98 Å². The summed E-state index contributed by atoms with van der Waals surface area (Å²) in [4.78, 5) is 23.6. The molecule has 0 amide bonds. The number of fused-ring (bicyclic) bond motifs is 1. The van der Waals surface area contributed by atoms with Crippen molar-refractivity contribution in [1.29, 1.82) is 0 Å². The zero-order valence-corrected chi connectivity index (χ0v) is 12.0. The zero-order valence-electron chi connectivity index (χ0n) is 12.0. The van der Waals surface area contributed by atoms with E-state index in [-0.39, 0.29) is 11.7 Å². The van der Waals surface area contributed by atoms with Gasteiger partial charge in [-0.05, 0) is 19.1 Å². The highest BCUT2D eigenvalue weighted by Crippen LogP contribution is 2.17. The van der Waals surface area contributed by atoms with Crippen molar-refractivity contribution in [2.75, 3.05) is 0 Å². The Bertz CT molecular complexity index is 742. The lowest BCUT2D eigenvalue weighted by molar-refractivity contribution is -0.120. The Hall–Kier alpha value is -2.50. The molecule has 0 bridgehead atoms. The molecule has 0 spiro atoms. The summed E-state index contributed by atoms with van der Waals surface area (Å²) >= 11 is 0. The highest BCUT2D eigenvalue weighted by atomic mass is 16.5. The van der Waals surface area contributed by atoms with Crippen LogP contribution in [0.3, 0.4) is 0 Å². The van der Waals surface area contributed by atoms with Crippen LogP contribution in [0.15, 0.2) is 28.8 Å². The van der Waals surface area contributed by atoms with Crippen LogP contribution in [0.25, 0.3) is 11.0 Å². The Balaban J connectivity index is 1.79. The first-order chi connectivity index (χ1) is 10.2. The average Bonchev–Trinajstić information content (AvgIpc) is 3.12. The number of H-pyrrole nitrogens is 1. The molecule has 2 heterocycles. The Morgan fingerprint density at radius 2 is 2.14 bits per heavy atom. The van der Waals surface area contributed by atoms with E-state index >= 15 is 0 Å². The van der Waals surface area contributed by atoms with Crippen LogP contribution in [0.1, 0.15) is 43.7 Å². The number of aromatic nitrogens is 4. The quantitative estimate of drug-likeness (QED) is 0.778. The molecular formula is C15H16N4O2. The second-order valence-electron chi connectivity index (χ2n) is 4.97. The summed E-state index contributed by atoms with van der Waals surface area (Å²) in [5, 5.41) is 3.92. The number of aromatic amines is 1. The molecule has 0 saturated heterocycles. The summed E-state index contributed by atoms with van der Waals surface area (Å²) in [7, 11) is 0. The molecule has 0 aliphatic rings. The van der Waals surface area contributed by atoms with Crippen LogP contribution < -0.4 is 0 Å². The van der Waals surface area contributed by atoms with Crippen LogP contribution in [-0.2, 0) is 11.2 Å². The van der Waals surface area contributed by atoms with Crippen LogP contribution in [0.5, 0.6) is 0 Å². The number of hydrogen-bond donors (Lipinski definition) is 1. The van der Waals surface area contributed by atoms with E-state index in [0.29, 0.717) is 24.6 Å². The van der Waals surface area contributed by atoms with E-state index in [1.165, 1.54) is 0 Å². The molecular weight excluding hydrogens is 268 g/mol. The number of nitrogens with one attached hydrogen (secondary N) is 1. The number of carbonyl (C=O) groups excluding carboxylic acids is 1. The largest absolute Gasteiger partial charge is 0.342 e. The number of para-hydroxylation sites is 2. The number of Topliss-reactive ketones (excluding diaryl/α,β-unsaturated/α-hetero) is 1. The number of benzene rings is 1. The molecule has 0 radical (unpaired) electrons. The Labute approximate surface area is 121 Å². The SMILES string of the molecule is CCC(=O)C(C)c1nc(Cc2nc3ccccc3[nH]2)no1. The molecule has 3 aromatic rings. The molecule has 0 aliphatic carbocycles. The van der Waals surface area contributed by atoms with Gasteiger partial charge in [0.2, 0.25) is 5.89 Å². The van der Waals surface area contributed by atoms with Crippen molar-refractivity contribution in [2.45, 2.75) is 32.6 Å². The summed E-state index contributed by atoms with van der Waals surface area (Å²) in [5.74, 6) is 1.41. The summed E-state index contributed by atoms with van der Waals surface area (Å²) < 4.78 is 5.17. The maximum atomic E-state index is 11.7. The molecule has 0 saturated carbocycles. The molecule has 0 fully saturated rings. The minimum Gasteiger partial charge on any atom is -0.342 e. The Kier molecular flexibility index (Phi) is 3.51. The molecule has 2 aromatic heterocycles. The second-order valence-corrected chi connectivity index (χ2v) is 4.97. The van der Waals surface area contributed by atoms with Crippen LogP contribution in [0, 0.1) is 0 Å². The topological polar surface area (TPSA) is 84.7 Å². The van der Waals surface area contributed by atoms with Gasteiger partial charge in [-0.15, -0.1) is 0 Å². The lowest BCUT2D eigenvalue weighted by Crippen LogP contribution is -2.07. The third kappa shape index (κ3) is 2.69. The first kappa shape index (κ1) is 13.5. The summed E-state index contributed by atoms with van der Waals surface area (Å²) in [6, 6.07) is 7.81. The molecule has 0 aliphatic heterocycles. The molecule has 6 nitrogen and oxygen atoms in total. The fraction of sp³-hybridized carbons (Fsp3) is 0.333. The van der Waals surface area contributed by atoms with Crippen molar-refractivity contribution in [3.63, 3.8) is 0 Å². The van der Waals surface area contributed by atoms with Crippen LogP contribution in [0.2, 0.25) is 0 Å². The number of imidazole rings is 1. The molecule has 1 aromatic carbocycles. The minimum absolute atomic E-state index is 0.0916. The molecule has 1 unspecified atom stereocenters. The molecule has 3 rings (SSSR count). The van der Waals surface area contributed by atoms with Crippen LogP contribution in [0.4, 0.5) is 0 Å². The lowest BCUT2D eigenvalue weighted by Gasteiger charge is -2.01. The third-order valence-corrected chi connectivity index (χ3v) is 3.45. The van der Waals surface area contributed by atoms with Crippen molar-refractivity contribution in [2.24, 2.45) is 0 Å². The Morgan fingerprint density at radius 3 is 2.90 bits per heavy atom. The molecule has 108 valence electrons. The molecule has 6 heteroatoms. The van der Waals surface area contributed by atoms with E-state index in [1.54, 1.807) is 6.92 Å². The van der Waals surface area contributed by atoms with Gasteiger partial charge in [0.1, 0.15) is 11.6 Å². The predicted molar refractivity (Wildman–Crippen MR) is 76.9 cm³/mol. The van der Waals surface area contributed by atoms with Gasteiger partial charge in [-0.3, -0.25) is 4.79 Å². The summed E-state index contributed by atoms with van der Waals surface area (Å²) in [6.45, 7) is 3.61. The molecule has 1 atom stereocenters. The van der Waals surface area contributed by atoms with Crippen molar-refractivity contribution >= 4 is 16.8 Å². The highest BCUT2D eigenvalue weighted by molar-refractivity contribution is 5.83. The summed E-state index contributed by atoms with van der Waals surface area (Å²) in [5.41, 5.74) is 1.89. The fourth-order valence-electron chi connectivity index (χ4n) is 2.20. The van der Waals surface area contributed by atoms with Crippen molar-refractivity contribution in [3.8, 4) is 0 Å².